The molecule has 2 aromatic heterocycles. The SMILES string of the molecule is CC(=O)N(CCc1noc(C)n1)C1CCCN(C(=O)c2cnc(C)cn2)C1. The first-order valence-electron chi connectivity index (χ1n) is 9.08. The number of hydrogen-bond acceptors (Lipinski definition) is 7. The lowest BCUT2D eigenvalue weighted by atomic mass is 10.0. The number of hydrogen-bond donors (Lipinski definition) is 0. The molecule has 3 heterocycles. The minimum absolute atomic E-state index is 0.0235. The highest BCUT2D eigenvalue weighted by Crippen LogP contribution is 2.18. The van der Waals surface area contributed by atoms with E-state index in [0.717, 1.165) is 18.5 Å². The summed E-state index contributed by atoms with van der Waals surface area (Å²) in [7, 11) is 0. The smallest absolute Gasteiger partial charge is 0.274 e. The lowest BCUT2D eigenvalue weighted by molar-refractivity contribution is -0.132. The molecule has 0 radical (unpaired) electrons. The van der Waals surface area contributed by atoms with Gasteiger partial charge in [-0.25, -0.2) is 4.98 Å². The number of likely N-dealkylation sites (tertiary alicyclic amines) is 1. The van der Waals surface area contributed by atoms with E-state index in [1.165, 1.54) is 6.20 Å². The molecule has 0 saturated carbocycles. The molecule has 0 aliphatic carbocycles. The van der Waals surface area contributed by atoms with Crippen LogP contribution in [0.15, 0.2) is 16.9 Å². The summed E-state index contributed by atoms with van der Waals surface area (Å²) in [5.41, 5.74) is 1.10. The van der Waals surface area contributed by atoms with Crippen molar-refractivity contribution in [2.24, 2.45) is 0 Å². The molecule has 9 heteroatoms. The number of amides is 2. The summed E-state index contributed by atoms with van der Waals surface area (Å²) >= 11 is 0. The van der Waals surface area contributed by atoms with Crippen LogP contribution in [0.1, 0.15) is 47.7 Å². The molecule has 0 N–H and O–H groups in total. The Morgan fingerprint density at radius 3 is 2.74 bits per heavy atom. The van der Waals surface area contributed by atoms with E-state index >= 15 is 0 Å². The summed E-state index contributed by atoms with van der Waals surface area (Å²) in [5.74, 6) is 0.916. The quantitative estimate of drug-likeness (QED) is 0.776. The molecule has 1 aliphatic heterocycles. The molecule has 2 aromatic rings. The van der Waals surface area contributed by atoms with E-state index in [2.05, 4.69) is 20.1 Å². The van der Waals surface area contributed by atoms with E-state index < -0.39 is 0 Å². The first-order chi connectivity index (χ1) is 12.9. The van der Waals surface area contributed by atoms with Crippen LogP contribution in [0.2, 0.25) is 0 Å². The zero-order valence-corrected chi connectivity index (χ0v) is 15.9. The van der Waals surface area contributed by atoms with E-state index in [-0.39, 0.29) is 17.9 Å². The number of carbonyl (C=O) groups excluding carboxylic acids is 2. The fraction of sp³-hybridized carbons (Fsp3) is 0.556. The second-order valence-electron chi connectivity index (χ2n) is 6.78. The van der Waals surface area contributed by atoms with Crippen LogP contribution in [-0.4, -0.2) is 67.4 Å². The number of rotatable bonds is 5. The highest BCUT2D eigenvalue weighted by molar-refractivity contribution is 5.92. The highest BCUT2D eigenvalue weighted by Gasteiger charge is 2.30. The summed E-state index contributed by atoms with van der Waals surface area (Å²) in [4.78, 5) is 41.0. The van der Waals surface area contributed by atoms with Crippen LogP contribution in [0.25, 0.3) is 0 Å². The maximum absolute atomic E-state index is 12.7. The predicted octanol–water partition coefficient (Wildman–Crippen LogP) is 1.17. The zero-order chi connectivity index (χ0) is 19.4. The number of carbonyl (C=O) groups is 2. The summed E-state index contributed by atoms with van der Waals surface area (Å²) in [6.07, 6.45) is 5.30. The van der Waals surface area contributed by atoms with Crippen molar-refractivity contribution in [3.05, 3.63) is 35.5 Å². The van der Waals surface area contributed by atoms with Crippen molar-refractivity contribution in [2.75, 3.05) is 19.6 Å². The minimum atomic E-state index is -0.149. The van der Waals surface area contributed by atoms with Crippen LogP contribution in [0.4, 0.5) is 0 Å². The van der Waals surface area contributed by atoms with Crippen molar-refractivity contribution in [1.29, 1.82) is 0 Å². The summed E-state index contributed by atoms with van der Waals surface area (Å²) in [6.45, 7) is 6.74. The summed E-state index contributed by atoms with van der Waals surface area (Å²) in [6, 6.07) is -0.0356. The van der Waals surface area contributed by atoms with E-state index in [1.54, 1.807) is 29.8 Å². The van der Waals surface area contributed by atoms with Gasteiger partial charge in [-0.3, -0.25) is 14.6 Å². The molecule has 0 spiro atoms. The third-order valence-electron chi connectivity index (χ3n) is 4.67. The van der Waals surface area contributed by atoms with Crippen LogP contribution in [-0.2, 0) is 11.2 Å². The molecule has 1 unspecified atom stereocenters. The van der Waals surface area contributed by atoms with Gasteiger partial charge < -0.3 is 14.3 Å². The Hall–Kier alpha value is -2.84. The molecule has 0 bridgehead atoms. The molecule has 1 aliphatic rings. The van der Waals surface area contributed by atoms with Gasteiger partial charge in [-0.15, -0.1) is 0 Å². The topological polar surface area (TPSA) is 105 Å². The Bertz CT molecular complexity index is 804. The molecule has 3 rings (SSSR count). The molecular formula is C18H24N6O3. The van der Waals surface area contributed by atoms with Crippen molar-refractivity contribution in [2.45, 2.75) is 46.1 Å². The van der Waals surface area contributed by atoms with Gasteiger partial charge in [0.15, 0.2) is 5.82 Å². The summed E-state index contributed by atoms with van der Waals surface area (Å²) < 4.78 is 4.98. The predicted molar refractivity (Wildman–Crippen MR) is 95.8 cm³/mol. The lowest BCUT2D eigenvalue weighted by Crippen LogP contribution is -2.51. The first-order valence-corrected chi connectivity index (χ1v) is 9.08. The van der Waals surface area contributed by atoms with Crippen molar-refractivity contribution in [3.63, 3.8) is 0 Å². The molecular weight excluding hydrogens is 348 g/mol. The Balaban J connectivity index is 1.65. The monoisotopic (exact) mass is 372 g/mol. The fourth-order valence-electron chi connectivity index (χ4n) is 3.32. The van der Waals surface area contributed by atoms with E-state index in [4.69, 9.17) is 4.52 Å². The molecule has 9 nitrogen and oxygen atoms in total. The first kappa shape index (κ1) is 18.9. The number of piperidine rings is 1. The Kier molecular flexibility index (Phi) is 5.78. The number of aromatic nitrogens is 4. The molecule has 144 valence electrons. The van der Waals surface area contributed by atoms with Gasteiger partial charge in [-0.2, -0.15) is 4.98 Å². The van der Waals surface area contributed by atoms with Crippen molar-refractivity contribution in [3.8, 4) is 0 Å². The maximum Gasteiger partial charge on any atom is 0.274 e. The standard InChI is InChI=1S/C18H24N6O3/c1-12-9-20-16(10-19-12)18(26)23-7-4-5-15(11-23)24(14(3)25)8-6-17-21-13(2)27-22-17/h9-10,15H,4-8,11H2,1-3H3. The van der Waals surface area contributed by atoms with Crippen LogP contribution >= 0.6 is 0 Å². The lowest BCUT2D eigenvalue weighted by Gasteiger charge is -2.38. The van der Waals surface area contributed by atoms with Gasteiger partial charge in [-0.1, -0.05) is 5.16 Å². The molecule has 2 amide bonds. The van der Waals surface area contributed by atoms with Gasteiger partial charge in [0, 0.05) is 52.1 Å². The van der Waals surface area contributed by atoms with Crippen LogP contribution < -0.4 is 0 Å². The molecule has 1 fully saturated rings. The third kappa shape index (κ3) is 4.66. The maximum atomic E-state index is 12.7. The minimum Gasteiger partial charge on any atom is -0.340 e. The van der Waals surface area contributed by atoms with Gasteiger partial charge in [0.25, 0.3) is 5.91 Å². The molecule has 27 heavy (non-hydrogen) atoms. The summed E-state index contributed by atoms with van der Waals surface area (Å²) in [5, 5.41) is 3.88. The van der Waals surface area contributed by atoms with E-state index in [1.807, 2.05) is 6.92 Å². The van der Waals surface area contributed by atoms with Crippen molar-refractivity contribution >= 4 is 11.8 Å². The molecule has 0 aromatic carbocycles. The van der Waals surface area contributed by atoms with Crippen LogP contribution in [0.3, 0.4) is 0 Å². The highest BCUT2D eigenvalue weighted by atomic mass is 16.5. The Labute approximate surface area is 157 Å². The number of nitrogens with zero attached hydrogens (tertiary/aromatic N) is 6. The second-order valence-corrected chi connectivity index (χ2v) is 6.78. The average molecular weight is 372 g/mol. The Morgan fingerprint density at radius 2 is 2.11 bits per heavy atom. The van der Waals surface area contributed by atoms with Crippen molar-refractivity contribution in [1.82, 2.24) is 29.9 Å². The van der Waals surface area contributed by atoms with E-state index in [9.17, 15) is 9.59 Å². The van der Waals surface area contributed by atoms with Crippen LogP contribution in [0.5, 0.6) is 0 Å². The van der Waals surface area contributed by atoms with Gasteiger partial charge in [-0.05, 0) is 19.8 Å². The third-order valence-corrected chi connectivity index (χ3v) is 4.67. The number of aryl methyl sites for hydroxylation is 2. The average Bonchev–Trinajstić information content (AvgIpc) is 3.07. The second kappa shape index (κ2) is 8.24. The molecule has 1 saturated heterocycles. The largest absolute Gasteiger partial charge is 0.340 e. The van der Waals surface area contributed by atoms with Crippen molar-refractivity contribution < 1.29 is 14.1 Å². The Morgan fingerprint density at radius 1 is 1.30 bits per heavy atom. The normalized spacial score (nSPS) is 17.0. The fourth-order valence-corrected chi connectivity index (χ4v) is 3.32. The van der Waals surface area contributed by atoms with Crippen LogP contribution in [0, 0.1) is 13.8 Å². The van der Waals surface area contributed by atoms with E-state index in [0.29, 0.717) is 43.5 Å². The van der Waals surface area contributed by atoms with Gasteiger partial charge >= 0.3 is 0 Å². The van der Waals surface area contributed by atoms with Gasteiger partial charge in [0.2, 0.25) is 11.8 Å². The molecule has 1 atom stereocenters. The zero-order valence-electron chi connectivity index (χ0n) is 15.9. The van der Waals surface area contributed by atoms with Gasteiger partial charge in [0.05, 0.1) is 11.9 Å². The van der Waals surface area contributed by atoms with Gasteiger partial charge in [0.1, 0.15) is 5.69 Å².